The number of halogens is 2. The number of rotatable bonds is 6. The van der Waals surface area contributed by atoms with E-state index in [0.29, 0.717) is 17.3 Å². The van der Waals surface area contributed by atoms with Gasteiger partial charge in [0.25, 0.3) is 5.91 Å². The van der Waals surface area contributed by atoms with Crippen LogP contribution < -0.4 is 11.1 Å². The Kier molecular flexibility index (Phi) is 9.99. The van der Waals surface area contributed by atoms with Crippen molar-refractivity contribution in [3.63, 3.8) is 0 Å². The first kappa shape index (κ1) is 21.8. The third-order valence-electron chi connectivity index (χ3n) is 2.99. The number of nitrogens with one attached hydrogen (secondary N) is 1. The van der Waals surface area contributed by atoms with Gasteiger partial charge in [0.15, 0.2) is 0 Å². The number of amides is 1. The lowest BCUT2D eigenvalue weighted by Gasteiger charge is -2.18. The largest absolute Gasteiger partial charge is 0.347 e. The highest BCUT2D eigenvalue weighted by atomic mass is 35.5. The van der Waals surface area contributed by atoms with Gasteiger partial charge in [-0.3, -0.25) is 9.78 Å². The molecule has 2 aromatic rings. The topological polar surface area (TPSA) is 80.9 Å². The highest BCUT2D eigenvalue weighted by Crippen LogP contribution is 2.23. The van der Waals surface area contributed by atoms with Crippen molar-refractivity contribution in [3.05, 3.63) is 35.5 Å². The zero-order chi connectivity index (χ0) is 15.2. The molecule has 0 aliphatic rings. The molecule has 2 heterocycles. The summed E-state index contributed by atoms with van der Waals surface area (Å²) < 4.78 is 0. The van der Waals surface area contributed by atoms with Crippen molar-refractivity contribution in [2.24, 2.45) is 11.7 Å². The number of nitrogens with zero attached hydrogens (tertiary/aromatic N) is 2. The monoisotopic (exact) mass is 376 g/mol. The fourth-order valence-electron chi connectivity index (χ4n) is 2.03. The van der Waals surface area contributed by atoms with E-state index in [1.54, 1.807) is 12.4 Å². The third-order valence-corrected chi connectivity index (χ3v) is 4.01. The van der Waals surface area contributed by atoms with Gasteiger partial charge in [0.05, 0.1) is 11.9 Å². The average Bonchev–Trinajstić information content (AvgIpc) is 2.97. The van der Waals surface area contributed by atoms with Crippen LogP contribution in [0.15, 0.2) is 30.6 Å². The van der Waals surface area contributed by atoms with Crippen molar-refractivity contribution in [2.45, 2.75) is 26.3 Å². The van der Waals surface area contributed by atoms with E-state index in [0.717, 1.165) is 17.1 Å². The van der Waals surface area contributed by atoms with Gasteiger partial charge in [-0.2, -0.15) is 0 Å². The first-order chi connectivity index (χ1) is 10.1. The zero-order valence-electron chi connectivity index (χ0n) is 13.1. The van der Waals surface area contributed by atoms with E-state index in [1.807, 2.05) is 18.2 Å². The van der Waals surface area contributed by atoms with E-state index in [9.17, 15) is 4.79 Å². The molecule has 23 heavy (non-hydrogen) atoms. The first-order valence-corrected chi connectivity index (χ1v) is 7.80. The van der Waals surface area contributed by atoms with Gasteiger partial charge < -0.3 is 11.1 Å². The molecule has 8 heteroatoms. The lowest BCUT2D eigenvalue weighted by Crippen LogP contribution is -2.40. The Labute approximate surface area is 152 Å². The zero-order valence-corrected chi connectivity index (χ0v) is 15.5. The maximum Gasteiger partial charge on any atom is 0.263 e. The fourth-order valence-corrected chi connectivity index (χ4v) is 2.82. The summed E-state index contributed by atoms with van der Waals surface area (Å²) in [4.78, 5) is 21.3. The van der Waals surface area contributed by atoms with E-state index in [2.05, 4.69) is 29.1 Å². The fraction of sp³-hybridized carbons (Fsp3) is 0.400. The lowest BCUT2D eigenvalue weighted by atomic mass is 10.0. The van der Waals surface area contributed by atoms with Gasteiger partial charge in [0.1, 0.15) is 9.88 Å². The molecule has 0 spiro atoms. The highest BCUT2D eigenvalue weighted by Gasteiger charge is 2.16. The van der Waals surface area contributed by atoms with E-state index >= 15 is 0 Å². The molecule has 0 saturated heterocycles. The van der Waals surface area contributed by atoms with Crippen LogP contribution in [0.25, 0.3) is 10.7 Å². The molecule has 0 aromatic carbocycles. The molecule has 2 aromatic heterocycles. The molecule has 1 amide bonds. The Morgan fingerprint density at radius 2 is 2.04 bits per heavy atom. The molecule has 0 bridgehead atoms. The van der Waals surface area contributed by atoms with Crippen molar-refractivity contribution in [1.82, 2.24) is 15.3 Å². The Morgan fingerprint density at radius 3 is 2.61 bits per heavy atom. The number of nitrogens with two attached hydrogens (primary N) is 1. The molecular weight excluding hydrogens is 355 g/mol. The summed E-state index contributed by atoms with van der Waals surface area (Å²) in [5.41, 5.74) is 6.48. The van der Waals surface area contributed by atoms with Crippen molar-refractivity contribution >= 4 is 42.1 Å². The molecule has 0 fully saturated rings. The first-order valence-electron chi connectivity index (χ1n) is 6.98. The molecule has 0 saturated carbocycles. The minimum absolute atomic E-state index is 0. The molecule has 0 aliphatic carbocycles. The van der Waals surface area contributed by atoms with Crippen LogP contribution in [0.2, 0.25) is 0 Å². The number of hydrogen-bond donors (Lipinski definition) is 2. The number of hydrogen-bond acceptors (Lipinski definition) is 5. The summed E-state index contributed by atoms with van der Waals surface area (Å²) in [6.07, 6.45) is 4.17. The van der Waals surface area contributed by atoms with Crippen LogP contribution in [0, 0.1) is 5.92 Å². The van der Waals surface area contributed by atoms with Gasteiger partial charge in [-0.25, -0.2) is 4.98 Å². The standard InChI is InChI=1S/C15H20N4OS.2ClH/c1-10(2)7-11(8-16)19-14(20)13-9-18-15(21-13)12-5-3-4-6-17-12;;/h3-6,9-11H,7-8,16H2,1-2H3,(H,19,20);2*1H. The summed E-state index contributed by atoms with van der Waals surface area (Å²) in [6.45, 7) is 4.66. The number of pyridine rings is 1. The van der Waals surface area contributed by atoms with Crippen LogP contribution in [0.3, 0.4) is 0 Å². The molecule has 1 atom stereocenters. The number of carbonyl (C=O) groups is 1. The predicted octanol–water partition coefficient (Wildman–Crippen LogP) is 3.15. The maximum atomic E-state index is 12.2. The molecule has 128 valence electrons. The quantitative estimate of drug-likeness (QED) is 0.810. The Morgan fingerprint density at radius 1 is 1.30 bits per heavy atom. The maximum absolute atomic E-state index is 12.2. The molecule has 3 N–H and O–H groups in total. The van der Waals surface area contributed by atoms with Gasteiger partial charge in [-0.05, 0) is 24.5 Å². The van der Waals surface area contributed by atoms with E-state index in [4.69, 9.17) is 5.73 Å². The smallest absolute Gasteiger partial charge is 0.263 e. The minimum Gasteiger partial charge on any atom is -0.347 e. The molecular formula is C15H22Cl2N4OS. The van der Waals surface area contributed by atoms with Crippen LogP contribution in [0.5, 0.6) is 0 Å². The van der Waals surface area contributed by atoms with Crippen LogP contribution in [-0.4, -0.2) is 28.5 Å². The highest BCUT2D eigenvalue weighted by molar-refractivity contribution is 7.16. The summed E-state index contributed by atoms with van der Waals surface area (Å²) >= 11 is 1.34. The second kappa shape index (κ2) is 10.5. The van der Waals surface area contributed by atoms with Crippen molar-refractivity contribution < 1.29 is 4.79 Å². The normalized spacial score (nSPS) is 11.3. The second-order valence-corrected chi connectivity index (χ2v) is 6.31. The number of thiazole rings is 1. The van der Waals surface area contributed by atoms with Crippen LogP contribution in [-0.2, 0) is 0 Å². The molecule has 5 nitrogen and oxygen atoms in total. The molecule has 1 unspecified atom stereocenters. The van der Waals surface area contributed by atoms with Crippen LogP contribution in [0.4, 0.5) is 0 Å². The predicted molar refractivity (Wildman–Crippen MR) is 99.6 cm³/mol. The minimum atomic E-state index is -0.120. The number of aromatic nitrogens is 2. The van der Waals surface area contributed by atoms with Gasteiger partial charge in [0.2, 0.25) is 0 Å². The van der Waals surface area contributed by atoms with Gasteiger partial charge in [-0.15, -0.1) is 36.2 Å². The summed E-state index contributed by atoms with van der Waals surface area (Å²) in [5.74, 6) is 0.371. The third kappa shape index (κ3) is 6.43. The lowest BCUT2D eigenvalue weighted by molar-refractivity contribution is 0.0937. The van der Waals surface area contributed by atoms with Crippen LogP contribution >= 0.6 is 36.2 Å². The summed E-state index contributed by atoms with van der Waals surface area (Å²) in [7, 11) is 0. The average molecular weight is 377 g/mol. The summed E-state index contributed by atoms with van der Waals surface area (Å²) in [5, 5.41) is 3.71. The van der Waals surface area contributed by atoms with E-state index in [-0.39, 0.29) is 36.8 Å². The second-order valence-electron chi connectivity index (χ2n) is 5.28. The van der Waals surface area contributed by atoms with Gasteiger partial charge in [-0.1, -0.05) is 19.9 Å². The van der Waals surface area contributed by atoms with Crippen LogP contribution in [0.1, 0.15) is 29.9 Å². The van der Waals surface area contributed by atoms with E-state index < -0.39 is 0 Å². The Hall–Kier alpha value is -1.21. The van der Waals surface area contributed by atoms with Crippen molar-refractivity contribution in [2.75, 3.05) is 6.54 Å². The molecule has 2 rings (SSSR count). The SMILES string of the molecule is CC(C)CC(CN)NC(=O)c1cnc(-c2ccccn2)s1.Cl.Cl. The Balaban J connectivity index is 0.00000242. The van der Waals surface area contributed by atoms with Gasteiger partial charge >= 0.3 is 0 Å². The van der Waals surface area contributed by atoms with Crippen molar-refractivity contribution in [3.8, 4) is 10.7 Å². The summed E-state index contributed by atoms with van der Waals surface area (Å²) in [6, 6.07) is 5.62. The van der Waals surface area contributed by atoms with E-state index in [1.165, 1.54) is 11.3 Å². The molecule has 0 aliphatic heterocycles. The Bertz CT molecular complexity index is 592. The van der Waals surface area contributed by atoms with Gasteiger partial charge in [0, 0.05) is 18.8 Å². The molecule has 0 radical (unpaired) electrons. The van der Waals surface area contributed by atoms with Crippen molar-refractivity contribution in [1.29, 1.82) is 0 Å². The number of carbonyl (C=O) groups excluding carboxylic acids is 1.